The van der Waals surface area contributed by atoms with Crippen molar-refractivity contribution < 1.29 is 9.13 Å². The van der Waals surface area contributed by atoms with Gasteiger partial charge in [0.15, 0.2) is 29.3 Å². The largest absolute Gasteiger partial charge is 0.213 e. The summed E-state index contributed by atoms with van der Waals surface area (Å²) in [6, 6.07) is 17.3. The highest BCUT2D eigenvalue weighted by atomic mass is 15.2. The molecule has 8 rings (SSSR count). The lowest BCUT2D eigenvalue weighted by Crippen LogP contribution is -2.54. The van der Waals surface area contributed by atoms with Gasteiger partial charge < -0.3 is 0 Å². The molecule has 52 heavy (non-hydrogen) atoms. The number of nitrogens with zero attached hydrogens (tertiary/aromatic N) is 2. The first kappa shape index (κ1) is 35.3. The average Bonchev–Trinajstić information content (AvgIpc) is 3.62. The van der Waals surface area contributed by atoms with Gasteiger partial charge in [-0.2, -0.15) is 9.13 Å². The van der Waals surface area contributed by atoms with Crippen molar-refractivity contribution in [3.63, 3.8) is 0 Å². The van der Waals surface area contributed by atoms with E-state index in [-0.39, 0.29) is 21.8 Å². The molecule has 3 aliphatic carbocycles. The monoisotopic (exact) mass is 690 g/mol. The molecule has 6 unspecified atom stereocenters. The lowest BCUT2D eigenvalue weighted by Gasteiger charge is -2.31. The van der Waals surface area contributed by atoms with Crippen LogP contribution in [0.25, 0.3) is 17.0 Å². The second kappa shape index (κ2) is 12.4. The maximum Gasteiger partial charge on any atom is 0.213 e. The first-order valence-electron chi connectivity index (χ1n) is 20.3. The van der Waals surface area contributed by atoms with Crippen LogP contribution in [0.15, 0.2) is 109 Å². The fraction of sp³-hybridized carbons (Fsp3) is 0.480. The number of pyridine rings is 2. The lowest BCUT2D eigenvalue weighted by atomic mass is 9.74. The van der Waals surface area contributed by atoms with Crippen LogP contribution in [-0.2, 0) is 30.2 Å². The van der Waals surface area contributed by atoms with Crippen LogP contribution in [0.3, 0.4) is 0 Å². The summed E-state index contributed by atoms with van der Waals surface area (Å²) in [5, 5.41) is 0. The summed E-state index contributed by atoms with van der Waals surface area (Å²) >= 11 is 0. The zero-order valence-electron chi connectivity index (χ0n) is 33.7. The van der Waals surface area contributed by atoms with Crippen LogP contribution in [0.5, 0.6) is 0 Å². The topological polar surface area (TPSA) is 7.76 Å². The predicted molar refractivity (Wildman–Crippen MR) is 217 cm³/mol. The maximum atomic E-state index is 2.73. The van der Waals surface area contributed by atoms with Crippen molar-refractivity contribution in [2.75, 3.05) is 0 Å². The van der Waals surface area contributed by atoms with E-state index in [1.54, 1.807) is 5.57 Å². The Bertz CT molecular complexity index is 2090. The van der Waals surface area contributed by atoms with E-state index in [2.05, 4.69) is 176 Å². The molecule has 4 heterocycles. The van der Waals surface area contributed by atoms with Crippen molar-refractivity contribution in [2.45, 2.75) is 125 Å². The van der Waals surface area contributed by atoms with E-state index in [0.717, 1.165) is 25.7 Å². The number of unbranched alkanes of at least 4 members (excludes halogenated alkanes) is 1. The van der Waals surface area contributed by atoms with Crippen LogP contribution in [-0.4, -0.2) is 0 Å². The molecule has 270 valence electrons. The van der Waals surface area contributed by atoms with E-state index in [1.807, 2.05) is 0 Å². The Morgan fingerprint density at radius 3 is 2.21 bits per heavy atom. The van der Waals surface area contributed by atoms with Crippen molar-refractivity contribution >= 4 is 5.70 Å². The van der Waals surface area contributed by atoms with Gasteiger partial charge in [0.2, 0.25) is 5.69 Å². The highest BCUT2D eigenvalue weighted by Crippen LogP contribution is 2.71. The maximum absolute atomic E-state index is 2.73. The molecule has 5 aliphatic rings. The minimum absolute atomic E-state index is 0.0441. The van der Waals surface area contributed by atoms with Crippen LogP contribution >= 0.6 is 0 Å². The average molecular weight is 691 g/mol. The van der Waals surface area contributed by atoms with Gasteiger partial charge in [-0.05, 0) is 90.7 Å². The van der Waals surface area contributed by atoms with Gasteiger partial charge in [0.1, 0.15) is 5.92 Å². The summed E-state index contributed by atoms with van der Waals surface area (Å²) < 4.78 is 5.41. The SMILES string of the molecule is CCCCc1ccc2c(c1)-c1ccc(CC(C)(C)C)c[n+]1C1(C)C(C3=CC4=CC=C(C5C=CC=CC5C)CC4c4ccc(CC(C)(C)C)c[n+]43)C21C. The summed E-state index contributed by atoms with van der Waals surface area (Å²) in [6.07, 6.45) is 28.7. The highest BCUT2D eigenvalue weighted by Gasteiger charge is 2.85. The zero-order chi connectivity index (χ0) is 36.8. The molecule has 2 aromatic heterocycles. The van der Waals surface area contributed by atoms with Crippen LogP contribution in [0.2, 0.25) is 0 Å². The standard InChI is InChI=1S/C50H62N2/c1-11-12-16-34-18-23-42-41(26-34)44-25-20-36(30-48(6,7)8)32-52(44)50(10)46(49(42,50)9)45-28-38-22-21-37(39-17-14-13-15-33(39)2)27-40(38)43-24-19-35(31-51(43)45)29-47(3,4)5/h13-15,17-26,28,31-33,39-40,46H,11-12,16,27,29-30H2,1-10H3/q+2. The molecule has 2 aliphatic heterocycles. The van der Waals surface area contributed by atoms with Crippen molar-refractivity contribution in [1.29, 1.82) is 0 Å². The van der Waals surface area contributed by atoms with Crippen molar-refractivity contribution in [3.05, 3.63) is 136 Å². The van der Waals surface area contributed by atoms with Crippen molar-refractivity contribution in [1.82, 2.24) is 0 Å². The molecule has 0 radical (unpaired) electrons. The summed E-state index contributed by atoms with van der Waals surface area (Å²) in [5.74, 6) is 1.69. The molecular weight excluding hydrogens is 629 g/mol. The predicted octanol–water partition coefficient (Wildman–Crippen LogP) is 11.3. The van der Waals surface area contributed by atoms with E-state index >= 15 is 0 Å². The first-order valence-corrected chi connectivity index (χ1v) is 20.3. The van der Waals surface area contributed by atoms with Gasteiger partial charge in [0.05, 0.1) is 16.9 Å². The Kier molecular flexibility index (Phi) is 8.40. The minimum Gasteiger partial charge on any atom is -0.191 e. The Labute approximate surface area is 314 Å². The van der Waals surface area contributed by atoms with Crippen LogP contribution in [0.4, 0.5) is 0 Å². The minimum atomic E-state index is -0.0952. The Balaban J connectivity index is 1.31. The quantitative estimate of drug-likeness (QED) is 0.218. The molecule has 6 atom stereocenters. The summed E-state index contributed by atoms with van der Waals surface area (Å²) in [7, 11) is 0. The van der Waals surface area contributed by atoms with Crippen molar-refractivity contribution in [3.8, 4) is 11.3 Å². The number of fused-ring (bicyclic) bond motifs is 9. The van der Waals surface area contributed by atoms with Gasteiger partial charge in [0.25, 0.3) is 0 Å². The molecule has 0 bridgehead atoms. The zero-order valence-corrected chi connectivity index (χ0v) is 33.7. The van der Waals surface area contributed by atoms with Gasteiger partial charge in [-0.3, -0.25) is 0 Å². The van der Waals surface area contributed by atoms with Crippen LogP contribution in [0, 0.1) is 28.6 Å². The van der Waals surface area contributed by atoms with E-state index in [0.29, 0.717) is 23.7 Å². The van der Waals surface area contributed by atoms with Gasteiger partial charge >= 0.3 is 0 Å². The molecule has 0 spiro atoms. The lowest BCUT2D eigenvalue weighted by molar-refractivity contribution is -0.735. The molecule has 0 saturated heterocycles. The third-order valence-corrected chi connectivity index (χ3v) is 13.3. The molecule has 1 aromatic carbocycles. The third kappa shape index (κ3) is 5.75. The number of benzene rings is 1. The van der Waals surface area contributed by atoms with Gasteiger partial charge in [-0.15, -0.1) is 0 Å². The Hall–Kier alpha value is -3.78. The molecule has 0 amide bonds. The van der Waals surface area contributed by atoms with E-state index in [9.17, 15) is 0 Å². The number of rotatable bonds is 7. The summed E-state index contributed by atoms with van der Waals surface area (Å²) in [4.78, 5) is 0. The first-order chi connectivity index (χ1) is 24.6. The van der Waals surface area contributed by atoms with Crippen molar-refractivity contribution in [2.24, 2.45) is 28.6 Å². The smallest absolute Gasteiger partial charge is 0.191 e. The van der Waals surface area contributed by atoms with Crippen LogP contribution < -0.4 is 9.13 Å². The number of hydrogen-bond donors (Lipinski definition) is 0. The fourth-order valence-corrected chi connectivity index (χ4v) is 10.7. The van der Waals surface area contributed by atoms with Gasteiger partial charge in [-0.1, -0.05) is 116 Å². The summed E-state index contributed by atoms with van der Waals surface area (Å²) in [5.41, 5.74) is 14.9. The molecule has 1 fully saturated rings. The number of hydrogen-bond acceptors (Lipinski definition) is 0. The number of aryl methyl sites for hydroxylation is 1. The third-order valence-electron chi connectivity index (χ3n) is 13.3. The van der Waals surface area contributed by atoms with E-state index in [1.165, 1.54) is 63.3 Å². The Morgan fingerprint density at radius 1 is 0.808 bits per heavy atom. The molecule has 2 heteroatoms. The number of aromatic nitrogens is 2. The molecule has 2 nitrogen and oxygen atoms in total. The van der Waals surface area contributed by atoms with E-state index < -0.39 is 0 Å². The molecule has 0 N–H and O–H groups in total. The normalized spacial score (nSPS) is 28.5. The summed E-state index contributed by atoms with van der Waals surface area (Å²) in [6.45, 7) is 24.0. The number of allylic oxidation sites excluding steroid dienone is 10. The Morgan fingerprint density at radius 2 is 1.50 bits per heavy atom. The molecule has 3 aromatic rings. The molecular formula is C50H62N2+2. The van der Waals surface area contributed by atoms with Gasteiger partial charge in [-0.25, -0.2) is 0 Å². The van der Waals surface area contributed by atoms with E-state index in [4.69, 9.17) is 0 Å². The second-order valence-electron chi connectivity index (χ2n) is 19.8. The highest BCUT2D eigenvalue weighted by molar-refractivity contribution is 5.73. The van der Waals surface area contributed by atoms with Crippen LogP contribution in [0.1, 0.15) is 122 Å². The second-order valence-corrected chi connectivity index (χ2v) is 19.8. The molecule has 1 saturated carbocycles. The van der Waals surface area contributed by atoms with Gasteiger partial charge in [0, 0.05) is 42.2 Å². The fourth-order valence-electron chi connectivity index (χ4n) is 10.7.